The fourth-order valence-electron chi connectivity index (χ4n) is 2.57. The largest absolute Gasteiger partial charge is 0.465 e. The molecule has 0 radical (unpaired) electrons. The predicted molar refractivity (Wildman–Crippen MR) is 89.0 cm³/mol. The molecule has 0 unspecified atom stereocenters. The Kier molecular flexibility index (Phi) is 4.08. The number of fused-ring (bicyclic) bond motifs is 1. The summed E-state index contributed by atoms with van der Waals surface area (Å²) in [6.07, 6.45) is 3.13. The molecular formula is C15H15BrN4O3. The van der Waals surface area contributed by atoms with Gasteiger partial charge in [0, 0.05) is 37.0 Å². The average Bonchev–Trinajstić information content (AvgIpc) is 2.51. The van der Waals surface area contributed by atoms with Gasteiger partial charge < -0.3 is 19.9 Å². The zero-order valence-corrected chi connectivity index (χ0v) is 14.0. The molecule has 0 spiro atoms. The van der Waals surface area contributed by atoms with Crippen molar-refractivity contribution in [3.63, 3.8) is 0 Å². The minimum Gasteiger partial charge on any atom is -0.465 e. The number of amides is 1. The molecule has 3 rings (SSSR count). The second-order valence-electron chi connectivity index (χ2n) is 5.41. The van der Waals surface area contributed by atoms with Crippen molar-refractivity contribution in [3.05, 3.63) is 50.5 Å². The number of anilines is 2. The van der Waals surface area contributed by atoms with E-state index in [1.165, 1.54) is 9.47 Å². The van der Waals surface area contributed by atoms with Gasteiger partial charge in [0.2, 0.25) is 0 Å². The van der Waals surface area contributed by atoms with E-state index < -0.39 is 6.09 Å². The van der Waals surface area contributed by atoms with E-state index in [0.717, 1.165) is 15.6 Å². The quantitative estimate of drug-likeness (QED) is 0.836. The van der Waals surface area contributed by atoms with Gasteiger partial charge in [-0.15, -0.1) is 0 Å². The number of halogens is 1. The van der Waals surface area contributed by atoms with Gasteiger partial charge in [-0.2, -0.15) is 0 Å². The number of rotatable bonds is 2. The second-order valence-corrected chi connectivity index (χ2v) is 6.32. The van der Waals surface area contributed by atoms with Gasteiger partial charge in [-0.25, -0.2) is 9.78 Å². The fraction of sp³-hybridized carbons (Fsp3) is 0.267. The van der Waals surface area contributed by atoms with Gasteiger partial charge in [-0.3, -0.25) is 4.79 Å². The molecule has 0 fully saturated rings. The molecule has 2 aromatic rings. The van der Waals surface area contributed by atoms with Crippen molar-refractivity contribution in [1.29, 1.82) is 0 Å². The summed E-state index contributed by atoms with van der Waals surface area (Å²) >= 11 is 3.35. The van der Waals surface area contributed by atoms with E-state index in [1.807, 2.05) is 0 Å². The van der Waals surface area contributed by atoms with Gasteiger partial charge in [0.15, 0.2) is 0 Å². The van der Waals surface area contributed by atoms with Crippen LogP contribution in [0.5, 0.6) is 0 Å². The summed E-state index contributed by atoms with van der Waals surface area (Å²) in [5.74, 6) is 0.520. The number of pyridine rings is 2. The molecule has 23 heavy (non-hydrogen) atoms. The Labute approximate surface area is 140 Å². The number of hydrogen-bond acceptors (Lipinski definition) is 4. The first-order valence-corrected chi connectivity index (χ1v) is 7.82. The molecule has 0 saturated heterocycles. The average molecular weight is 379 g/mol. The van der Waals surface area contributed by atoms with Crippen molar-refractivity contribution in [2.24, 2.45) is 7.05 Å². The molecule has 120 valence electrons. The van der Waals surface area contributed by atoms with Crippen LogP contribution in [0, 0.1) is 0 Å². The lowest BCUT2D eigenvalue weighted by atomic mass is 10.0. The van der Waals surface area contributed by atoms with Gasteiger partial charge >= 0.3 is 6.09 Å². The van der Waals surface area contributed by atoms with Crippen LogP contribution in [-0.2, 0) is 20.0 Å². The van der Waals surface area contributed by atoms with Crippen LogP contribution in [0.15, 0.2) is 33.8 Å². The summed E-state index contributed by atoms with van der Waals surface area (Å²) in [6, 6.07) is 3.48. The lowest BCUT2D eigenvalue weighted by molar-refractivity contribution is 0.140. The van der Waals surface area contributed by atoms with Gasteiger partial charge in [0.25, 0.3) is 5.56 Å². The SMILES string of the molecule is Cn1cc(Br)cc(Nc2cc3c(cn2)CCN(C(=O)O)C3)c1=O. The van der Waals surface area contributed by atoms with Crippen LogP contribution in [0.1, 0.15) is 11.1 Å². The lowest BCUT2D eigenvalue weighted by Crippen LogP contribution is -2.34. The minimum absolute atomic E-state index is 0.167. The summed E-state index contributed by atoms with van der Waals surface area (Å²) < 4.78 is 2.24. The Morgan fingerprint density at radius 1 is 1.39 bits per heavy atom. The Bertz CT molecular complexity index is 834. The maximum Gasteiger partial charge on any atom is 0.407 e. The van der Waals surface area contributed by atoms with Crippen LogP contribution in [0.2, 0.25) is 0 Å². The van der Waals surface area contributed by atoms with Gasteiger partial charge in [0.05, 0.1) is 0 Å². The number of nitrogens with zero attached hydrogens (tertiary/aromatic N) is 3. The highest BCUT2D eigenvalue weighted by Crippen LogP contribution is 2.22. The Morgan fingerprint density at radius 3 is 2.91 bits per heavy atom. The molecule has 0 aromatic carbocycles. The van der Waals surface area contributed by atoms with Crippen molar-refractivity contribution in [2.75, 3.05) is 11.9 Å². The van der Waals surface area contributed by atoms with E-state index in [0.29, 0.717) is 31.0 Å². The molecule has 3 heterocycles. The molecule has 2 N–H and O–H groups in total. The topological polar surface area (TPSA) is 87.5 Å². The first kappa shape index (κ1) is 15.5. The highest BCUT2D eigenvalue weighted by atomic mass is 79.9. The third kappa shape index (κ3) is 3.21. The molecule has 0 saturated carbocycles. The number of carboxylic acid groups (broad SMARTS) is 1. The molecule has 1 aliphatic heterocycles. The highest BCUT2D eigenvalue weighted by Gasteiger charge is 2.20. The highest BCUT2D eigenvalue weighted by molar-refractivity contribution is 9.10. The summed E-state index contributed by atoms with van der Waals surface area (Å²) in [6.45, 7) is 0.807. The Hall–Kier alpha value is -2.35. The minimum atomic E-state index is -0.928. The zero-order valence-electron chi connectivity index (χ0n) is 12.4. The van der Waals surface area contributed by atoms with Gasteiger partial charge in [-0.1, -0.05) is 0 Å². The van der Waals surface area contributed by atoms with Crippen LogP contribution >= 0.6 is 15.9 Å². The van der Waals surface area contributed by atoms with E-state index in [2.05, 4.69) is 26.2 Å². The molecule has 1 aliphatic rings. The number of hydrogen-bond donors (Lipinski definition) is 2. The van der Waals surface area contributed by atoms with Crippen LogP contribution < -0.4 is 10.9 Å². The molecule has 0 bridgehead atoms. The molecule has 0 aliphatic carbocycles. The van der Waals surface area contributed by atoms with Crippen LogP contribution in [-0.4, -0.2) is 32.2 Å². The van der Waals surface area contributed by atoms with Crippen LogP contribution in [0.3, 0.4) is 0 Å². The monoisotopic (exact) mass is 378 g/mol. The van der Waals surface area contributed by atoms with E-state index in [-0.39, 0.29) is 5.56 Å². The van der Waals surface area contributed by atoms with Gasteiger partial charge in [0.1, 0.15) is 11.5 Å². The predicted octanol–water partition coefficient (Wildman–Crippen LogP) is 2.32. The summed E-state index contributed by atoms with van der Waals surface area (Å²) in [4.78, 5) is 28.9. The van der Waals surface area contributed by atoms with E-state index in [9.17, 15) is 9.59 Å². The van der Waals surface area contributed by atoms with Crippen molar-refractivity contribution in [1.82, 2.24) is 14.5 Å². The van der Waals surface area contributed by atoms with Crippen molar-refractivity contribution >= 4 is 33.5 Å². The first-order chi connectivity index (χ1) is 10.9. The van der Waals surface area contributed by atoms with Crippen molar-refractivity contribution in [2.45, 2.75) is 13.0 Å². The first-order valence-electron chi connectivity index (χ1n) is 7.03. The van der Waals surface area contributed by atoms with Crippen LogP contribution in [0.4, 0.5) is 16.3 Å². The van der Waals surface area contributed by atoms with E-state index in [4.69, 9.17) is 5.11 Å². The van der Waals surface area contributed by atoms with E-state index in [1.54, 1.807) is 31.6 Å². The molecule has 0 atom stereocenters. The number of aromatic nitrogens is 2. The summed E-state index contributed by atoms with van der Waals surface area (Å²) in [5, 5.41) is 12.1. The molecular weight excluding hydrogens is 364 g/mol. The number of nitrogens with one attached hydrogen (secondary N) is 1. The van der Waals surface area contributed by atoms with Gasteiger partial charge in [-0.05, 0) is 45.6 Å². The lowest BCUT2D eigenvalue weighted by Gasteiger charge is -2.26. The Morgan fingerprint density at radius 2 is 2.17 bits per heavy atom. The van der Waals surface area contributed by atoms with Crippen molar-refractivity contribution in [3.8, 4) is 0 Å². The summed E-state index contributed by atoms with van der Waals surface area (Å²) in [5.41, 5.74) is 2.18. The smallest absolute Gasteiger partial charge is 0.407 e. The Balaban J connectivity index is 1.90. The standard InChI is InChI=1S/C15H15BrN4O3/c1-19-8-11(16)5-12(14(19)21)18-13-4-10-7-20(15(22)23)3-2-9(10)6-17-13/h4-6,8H,2-3,7H2,1H3,(H,17,18)(H,22,23). The summed E-state index contributed by atoms with van der Waals surface area (Å²) in [7, 11) is 1.67. The maximum absolute atomic E-state index is 12.1. The molecule has 7 nitrogen and oxygen atoms in total. The fourth-order valence-corrected chi connectivity index (χ4v) is 3.10. The third-order valence-electron chi connectivity index (χ3n) is 3.78. The zero-order chi connectivity index (χ0) is 16.6. The molecule has 8 heteroatoms. The van der Waals surface area contributed by atoms with Crippen LogP contribution in [0.25, 0.3) is 0 Å². The maximum atomic E-state index is 12.1. The van der Waals surface area contributed by atoms with E-state index >= 15 is 0 Å². The second kappa shape index (κ2) is 6.04. The van der Waals surface area contributed by atoms with Crippen molar-refractivity contribution < 1.29 is 9.90 Å². The third-order valence-corrected chi connectivity index (χ3v) is 4.21. The number of aryl methyl sites for hydroxylation is 1. The molecule has 1 amide bonds. The molecule has 2 aromatic heterocycles. The normalized spacial score (nSPS) is 13.6. The number of carbonyl (C=O) groups is 1.